The number of nitriles is 2. The van der Waals surface area contributed by atoms with Crippen molar-refractivity contribution in [2.45, 2.75) is 11.0 Å². The molecule has 0 saturated carbocycles. The molecule has 0 radical (unpaired) electrons. The van der Waals surface area contributed by atoms with Crippen LogP contribution in [0.5, 0.6) is 0 Å². The van der Waals surface area contributed by atoms with Crippen LogP contribution in [-0.2, 0) is 14.8 Å². The van der Waals surface area contributed by atoms with Crippen LogP contribution in [0.4, 0.5) is 0 Å². The molecule has 1 unspecified atom stereocenters. The van der Waals surface area contributed by atoms with Gasteiger partial charge in [0.25, 0.3) is 0 Å². The molecule has 0 aliphatic carbocycles. The summed E-state index contributed by atoms with van der Waals surface area (Å²) in [5, 5.41) is 17.8. The van der Waals surface area contributed by atoms with Crippen LogP contribution in [0, 0.1) is 22.7 Å². The van der Waals surface area contributed by atoms with Gasteiger partial charge in [-0.1, -0.05) is 12.1 Å². The number of benzene rings is 1. The summed E-state index contributed by atoms with van der Waals surface area (Å²) in [7, 11) is -3.77. The van der Waals surface area contributed by atoms with Gasteiger partial charge in [-0.3, -0.25) is 0 Å². The van der Waals surface area contributed by atoms with Crippen molar-refractivity contribution in [3.63, 3.8) is 0 Å². The Morgan fingerprint density at radius 2 is 2.05 bits per heavy atom. The van der Waals surface area contributed by atoms with Crippen molar-refractivity contribution in [1.29, 1.82) is 10.5 Å². The third-order valence-electron chi connectivity index (χ3n) is 2.80. The maximum absolute atomic E-state index is 12.4. The first kappa shape index (κ1) is 13.5. The Morgan fingerprint density at radius 1 is 1.32 bits per heavy atom. The molecule has 0 aromatic heterocycles. The molecule has 0 N–H and O–H groups in total. The molecule has 6 nitrogen and oxygen atoms in total. The Hall–Kier alpha value is -1.93. The van der Waals surface area contributed by atoms with Crippen LogP contribution in [0.25, 0.3) is 0 Å². The Bertz CT molecular complexity index is 658. The number of morpholine rings is 1. The number of hydrogen-bond acceptors (Lipinski definition) is 5. The largest absolute Gasteiger partial charge is 0.361 e. The van der Waals surface area contributed by atoms with Crippen molar-refractivity contribution in [2.24, 2.45) is 0 Å². The summed E-state index contributed by atoms with van der Waals surface area (Å²) in [5.74, 6) is 0. The topological polar surface area (TPSA) is 94.2 Å². The van der Waals surface area contributed by atoms with Crippen LogP contribution in [0.15, 0.2) is 29.2 Å². The number of hydrogen-bond donors (Lipinski definition) is 0. The second-order valence-corrected chi connectivity index (χ2v) is 5.87. The van der Waals surface area contributed by atoms with Gasteiger partial charge in [0.05, 0.1) is 29.7 Å². The predicted octanol–water partition coefficient (Wildman–Crippen LogP) is 0.471. The minimum Gasteiger partial charge on any atom is -0.361 e. The molecule has 1 aromatic carbocycles. The number of rotatable bonds is 2. The van der Waals surface area contributed by atoms with Crippen molar-refractivity contribution < 1.29 is 13.2 Å². The summed E-state index contributed by atoms with van der Waals surface area (Å²) in [6.07, 6.45) is -0.766. The van der Waals surface area contributed by atoms with E-state index in [2.05, 4.69) is 0 Å². The molecule has 1 aliphatic heterocycles. The fraction of sp³-hybridized carbons (Fsp3) is 0.333. The predicted molar refractivity (Wildman–Crippen MR) is 65.3 cm³/mol. The zero-order valence-corrected chi connectivity index (χ0v) is 10.8. The summed E-state index contributed by atoms with van der Waals surface area (Å²) in [4.78, 5) is -0.0314. The molecule has 1 saturated heterocycles. The Labute approximate surface area is 111 Å². The van der Waals surface area contributed by atoms with Gasteiger partial charge in [-0.05, 0) is 12.1 Å². The van der Waals surface area contributed by atoms with E-state index in [1.807, 2.05) is 12.1 Å². The molecule has 98 valence electrons. The molecule has 1 aliphatic rings. The van der Waals surface area contributed by atoms with Gasteiger partial charge in [-0.2, -0.15) is 14.8 Å². The van der Waals surface area contributed by atoms with Gasteiger partial charge < -0.3 is 4.74 Å². The molecule has 7 heteroatoms. The first-order chi connectivity index (χ1) is 9.09. The molecule has 1 fully saturated rings. The molecule has 1 aromatic rings. The highest BCUT2D eigenvalue weighted by atomic mass is 32.2. The van der Waals surface area contributed by atoms with Gasteiger partial charge in [0.15, 0.2) is 6.10 Å². The first-order valence-electron chi connectivity index (χ1n) is 5.60. The van der Waals surface area contributed by atoms with Gasteiger partial charge >= 0.3 is 0 Å². The van der Waals surface area contributed by atoms with Crippen LogP contribution in [0.2, 0.25) is 0 Å². The molecule has 2 rings (SSSR count). The van der Waals surface area contributed by atoms with E-state index >= 15 is 0 Å². The third kappa shape index (κ3) is 2.59. The Balaban J connectivity index is 2.38. The van der Waals surface area contributed by atoms with Crippen molar-refractivity contribution in [3.8, 4) is 12.1 Å². The van der Waals surface area contributed by atoms with E-state index < -0.39 is 16.1 Å². The summed E-state index contributed by atoms with van der Waals surface area (Å²) < 4.78 is 31.2. The zero-order valence-electron chi connectivity index (χ0n) is 9.98. The fourth-order valence-electron chi connectivity index (χ4n) is 1.85. The van der Waals surface area contributed by atoms with Gasteiger partial charge in [-0.15, -0.1) is 0 Å². The van der Waals surface area contributed by atoms with Crippen LogP contribution in [0.3, 0.4) is 0 Å². The zero-order chi connectivity index (χ0) is 13.9. The number of sulfonamides is 1. The lowest BCUT2D eigenvalue weighted by Gasteiger charge is -2.29. The van der Waals surface area contributed by atoms with Crippen molar-refractivity contribution in [2.75, 3.05) is 19.7 Å². The Kier molecular flexibility index (Phi) is 3.82. The lowest BCUT2D eigenvalue weighted by Crippen LogP contribution is -2.45. The molecule has 0 bridgehead atoms. The van der Waals surface area contributed by atoms with Crippen molar-refractivity contribution in [3.05, 3.63) is 29.8 Å². The first-order valence-corrected chi connectivity index (χ1v) is 7.04. The molecular formula is C12H11N3O3S. The normalized spacial score (nSPS) is 20.4. The lowest BCUT2D eigenvalue weighted by molar-refractivity contribution is 0.0311. The van der Waals surface area contributed by atoms with E-state index in [9.17, 15) is 8.42 Å². The quantitative estimate of drug-likeness (QED) is 0.783. The minimum atomic E-state index is -3.77. The average molecular weight is 277 g/mol. The highest BCUT2D eigenvalue weighted by molar-refractivity contribution is 7.89. The van der Waals surface area contributed by atoms with Crippen molar-refractivity contribution >= 4 is 10.0 Å². The summed E-state index contributed by atoms with van der Waals surface area (Å²) in [6.45, 7) is 0.338. The molecule has 19 heavy (non-hydrogen) atoms. The average Bonchev–Trinajstić information content (AvgIpc) is 2.47. The third-order valence-corrected chi connectivity index (χ3v) is 4.72. The van der Waals surface area contributed by atoms with Crippen LogP contribution in [-0.4, -0.2) is 38.5 Å². The summed E-state index contributed by atoms with van der Waals surface area (Å²) in [6, 6.07) is 9.78. The SMILES string of the molecule is N#Cc1ccccc1S(=O)(=O)N1CCOC(C#N)C1. The van der Waals surface area contributed by atoms with E-state index in [0.29, 0.717) is 0 Å². The fourth-order valence-corrected chi connectivity index (χ4v) is 3.41. The van der Waals surface area contributed by atoms with Gasteiger partial charge in [0, 0.05) is 6.54 Å². The van der Waals surface area contributed by atoms with E-state index in [-0.39, 0.29) is 30.2 Å². The van der Waals surface area contributed by atoms with Crippen molar-refractivity contribution in [1.82, 2.24) is 4.31 Å². The maximum Gasteiger partial charge on any atom is 0.244 e. The molecule has 1 atom stereocenters. The van der Waals surface area contributed by atoms with Crippen LogP contribution >= 0.6 is 0 Å². The van der Waals surface area contributed by atoms with E-state index in [0.717, 1.165) is 0 Å². The molecule has 0 amide bonds. The summed E-state index contributed by atoms with van der Waals surface area (Å²) >= 11 is 0. The lowest BCUT2D eigenvalue weighted by atomic mass is 10.2. The Morgan fingerprint density at radius 3 is 2.74 bits per heavy atom. The molecule has 0 spiro atoms. The van der Waals surface area contributed by atoms with Crippen LogP contribution < -0.4 is 0 Å². The molecule has 1 heterocycles. The number of nitrogens with zero attached hydrogens (tertiary/aromatic N) is 3. The second kappa shape index (κ2) is 5.37. The van der Waals surface area contributed by atoms with Gasteiger partial charge in [-0.25, -0.2) is 8.42 Å². The minimum absolute atomic E-state index is 0.0153. The van der Waals surface area contributed by atoms with E-state index in [1.165, 1.54) is 16.4 Å². The van der Waals surface area contributed by atoms with Gasteiger partial charge in [0.1, 0.15) is 6.07 Å². The smallest absolute Gasteiger partial charge is 0.244 e. The monoisotopic (exact) mass is 277 g/mol. The summed E-state index contributed by atoms with van der Waals surface area (Å²) in [5.41, 5.74) is 0.0995. The standard InChI is InChI=1S/C12H11N3O3S/c13-7-10-3-1-2-4-12(10)19(16,17)15-5-6-18-11(8-14)9-15/h1-4,11H,5-6,9H2. The van der Waals surface area contributed by atoms with Gasteiger partial charge in [0.2, 0.25) is 10.0 Å². The number of ether oxygens (including phenoxy) is 1. The highest BCUT2D eigenvalue weighted by Gasteiger charge is 2.32. The second-order valence-electron chi connectivity index (χ2n) is 3.96. The highest BCUT2D eigenvalue weighted by Crippen LogP contribution is 2.21. The molecular weight excluding hydrogens is 266 g/mol. The van der Waals surface area contributed by atoms with E-state index in [1.54, 1.807) is 12.1 Å². The maximum atomic E-state index is 12.4. The van der Waals surface area contributed by atoms with Crippen LogP contribution in [0.1, 0.15) is 5.56 Å². The van der Waals surface area contributed by atoms with E-state index in [4.69, 9.17) is 15.3 Å².